The van der Waals surface area contributed by atoms with E-state index in [1.165, 1.54) is 39.2 Å². The van der Waals surface area contributed by atoms with Crippen molar-refractivity contribution in [2.75, 3.05) is 26.7 Å². The fourth-order valence-corrected chi connectivity index (χ4v) is 3.90. The Morgan fingerprint density at radius 3 is 2.68 bits per heavy atom. The number of hydrogen-bond donors (Lipinski definition) is 2. The maximum absolute atomic E-state index is 11.9. The summed E-state index contributed by atoms with van der Waals surface area (Å²) in [5.41, 5.74) is 0. The molecule has 0 bridgehead atoms. The van der Waals surface area contributed by atoms with E-state index in [0.29, 0.717) is 13.1 Å². The van der Waals surface area contributed by atoms with Gasteiger partial charge in [0.2, 0.25) is 0 Å². The van der Waals surface area contributed by atoms with Gasteiger partial charge in [0.15, 0.2) is 0 Å². The predicted octanol–water partition coefficient (Wildman–Crippen LogP) is 2.38. The molecule has 5 heteroatoms. The van der Waals surface area contributed by atoms with Crippen LogP contribution in [0.25, 0.3) is 0 Å². The Hall–Kier alpha value is -0.810. The van der Waals surface area contributed by atoms with Crippen molar-refractivity contribution in [2.45, 2.75) is 64.0 Å². The van der Waals surface area contributed by atoms with Crippen LogP contribution in [0.15, 0.2) is 0 Å². The van der Waals surface area contributed by atoms with Gasteiger partial charge in [0.05, 0.1) is 13.2 Å². The quantitative estimate of drug-likeness (QED) is 0.818. The van der Waals surface area contributed by atoms with Crippen molar-refractivity contribution in [3.05, 3.63) is 0 Å². The molecule has 22 heavy (non-hydrogen) atoms. The number of carbonyl (C=O) groups excluding carboxylic acids is 1. The summed E-state index contributed by atoms with van der Waals surface area (Å²) in [5.74, 6) is 0.915. The number of nitrogens with zero attached hydrogens (tertiary/aromatic N) is 1. The summed E-state index contributed by atoms with van der Waals surface area (Å²) >= 11 is 0. The predicted molar refractivity (Wildman–Crippen MR) is 86.7 cm³/mol. The van der Waals surface area contributed by atoms with Crippen LogP contribution in [0, 0.1) is 11.8 Å². The molecule has 1 aliphatic heterocycles. The minimum atomic E-state index is -0.341. The number of piperidine rings is 1. The van der Waals surface area contributed by atoms with Crippen LogP contribution < -0.4 is 5.32 Å². The van der Waals surface area contributed by atoms with Gasteiger partial charge >= 0.3 is 6.09 Å². The van der Waals surface area contributed by atoms with Crippen molar-refractivity contribution in [1.82, 2.24) is 10.2 Å². The van der Waals surface area contributed by atoms with Crippen LogP contribution in [-0.2, 0) is 4.74 Å². The number of aliphatic hydroxyl groups excluding tert-OH is 1. The summed E-state index contributed by atoms with van der Waals surface area (Å²) < 4.78 is 4.87. The third-order valence-electron chi connectivity index (χ3n) is 5.30. The number of carbonyl (C=O) groups is 1. The lowest BCUT2D eigenvalue weighted by Gasteiger charge is -2.39. The third kappa shape index (κ3) is 4.85. The SMILES string of the molecule is CCC(O)C1CC(NCC2CCCCC2)CN(C(=O)OC)C1. The van der Waals surface area contributed by atoms with E-state index in [0.717, 1.165) is 25.3 Å². The Balaban J connectivity index is 1.88. The number of amides is 1. The second-order valence-electron chi connectivity index (χ2n) is 6.96. The van der Waals surface area contributed by atoms with Gasteiger partial charge < -0.3 is 20.1 Å². The maximum Gasteiger partial charge on any atom is 0.409 e. The molecular formula is C17H32N2O3. The number of hydrogen-bond acceptors (Lipinski definition) is 4. The van der Waals surface area contributed by atoms with Crippen LogP contribution in [0.1, 0.15) is 51.9 Å². The minimum absolute atomic E-state index is 0.140. The lowest BCUT2D eigenvalue weighted by molar-refractivity contribution is 0.0320. The molecule has 3 atom stereocenters. The lowest BCUT2D eigenvalue weighted by Crippen LogP contribution is -2.54. The Bertz CT molecular complexity index is 345. The van der Waals surface area contributed by atoms with Crippen molar-refractivity contribution in [3.8, 4) is 0 Å². The molecule has 0 aromatic carbocycles. The maximum atomic E-state index is 11.9. The monoisotopic (exact) mass is 312 g/mol. The molecule has 1 heterocycles. The fraction of sp³-hybridized carbons (Fsp3) is 0.941. The van der Waals surface area contributed by atoms with Crippen LogP contribution >= 0.6 is 0 Å². The number of likely N-dealkylation sites (tertiary alicyclic amines) is 1. The van der Waals surface area contributed by atoms with Crippen LogP contribution in [0.5, 0.6) is 0 Å². The Kier molecular flexibility index (Phi) is 6.96. The van der Waals surface area contributed by atoms with Gasteiger partial charge in [-0.25, -0.2) is 4.79 Å². The van der Waals surface area contributed by atoms with Crippen LogP contribution in [0.3, 0.4) is 0 Å². The van der Waals surface area contributed by atoms with E-state index in [9.17, 15) is 9.90 Å². The third-order valence-corrected chi connectivity index (χ3v) is 5.30. The molecule has 2 aliphatic rings. The van der Waals surface area contributed by atoms with E-state index in [1.54, 1.807) is 4.90 Å². The van der Waals surface area contributed by atoms with Crippen molar-refractivity contribution >= 4 is 6.09 Å². The molecule has 2 rings (SSSR count). The molecule has 3 unspecified atom stereocenters. The number of rotatable bonds is 5. The molecular weight excluding hydrogens is 280 g/mol. The molecule has 128 valence electrons. The normalized spacial score (nSPS) is 28.4. The summed E-state index contributed by atoms with van der Waals surface area (Å²) in [6.07, 6.45) is 7.77. The summed E-state index contributed by atoms with van der Waals surface area (Å²) in [4.78, 5) is 13.6. The van der Waals surface area contributed by atoms with E-state index in [-0.39, 0.29) is 24.2 Å². The van der Waals surface area contributed by atoms with E-state index in [4.69, 9.17) is 4.74 Å². The summed E-state index contributed by atoms with van der Waals surface area (Å²) in [6.45, 7) is 4.32. The highest BCUT2D eigenvalue weighted by molar-refractivity contribution is 5.67. The molecule has 1 saturated heterocycles. The molecule has 2 fully saturated rings. The Labute approximate surface area is 134 Å². The highest BCUT2D eigenvalue weighted by atomic mass is 16.5. The summed E-state index contributed by atoms with van der Waals surface area (Å²) in [7, 11) is 1.42. The standard InChI is InChI=1S/C17H32N2O3/c1-3-16(20)14-9-15(12-19(11-14)17(21)22-2)18-10-13-7-5-4-6-8-13/h13-16,18,20H,3-12H2,1-2H3. The highest BCUT2D eigenvalue weighted by Crippen LogP contribution is 2.25. The van der Waals surface area contributed by atoms with Crippen molar-refractivity contribution < 1.29 is 14.6 Å². The second kappa shape index (κ2) is 8.73. The lowest BCUT2D eigenvalue weighted by atomic mass is 9.87. The van der Waals surface area contributed by atoms with E-state index in [2.05, 4.69) is 5.32 Å². The number of aliphatic hydroxyl groups is 1. The molecule has 1 saturated carbocycles. The average molecular weight is 312 g/mol. The fourth-order valence-electron chi connectivity index (χ4n) is 3.90. The first-order chi connectivity index (χ1) is 10.6. The molecule has 0 radical (unpaired) electrons. The second-order valence-corrected chi connectivity index (χ2v) is 6.96. The minimum Gasteiger partial charge on any atom is -0.453 e. The van der Waals surface area contributed by atoms with Gasteiger partial charge in [-0.05, 0) is 38.1 Å². The van der Waals surface area contributed by atoms with Gasteiger partial charge in [-0.3, -0.25) is 0 Å². The molecule has 1 amide bonds. The van der Waals surface area contributed by atoms with Crippen molar-refractivity contribution in [2.24, 2.45) is 11.8 Å². The van der Waals surface area contributed by atoms with Gasteiger partial charge in [-0.1, -0.05) is 26.2 Å². The largest absolute Gasteiger partial charge is 0.453 e. The van der Waals surface area contributed by atoms with Gasteiger partial charge in [-0.2, -0.15) is 0 Å². The van der Waals surface area contributed by atoms with E-state index < -0.39 is 0 Å². The van der Waals surface area contributed by atoms with Crippen molar-refractivity contribution in [3.63, 3.8) is 0 Å². The molecule has 2 N–H and O–H groups in total. The first-order valence-corrected chi connectivity index (χ1v) is 8.88. The van der Waals surface area contributed by atoms with Gasteiger partial charge in [0.1, 0.15) is 0 Å². The zero-order valence-corrected chi connectivity index (χ0v) is 14.1. The van der Waals surface area contributed by atoms with E-state index in [1.807, 2.05) is 6.92 Å². The number of ether oxygens (including phenoxy) is 1. The summed E-state index contributed by atoms with van der Waals surface area (Å²) in [6, 6.07) is 0.265. The average Bonchev–Trinajstić information content (AvgIpc) is 2.59. The van der Waals surface area contributed by atoms with E-state index >= 15 is 0 Å². The van der Waals surface area contributed by atoms with Gasteiger partial charge in [0, 0.05) is 25.0 Å². The van der Waals surface area contributed by atoms with Gasteiger partial charge in [-0.15, -0.1) is 0 Å². The molecule has 0 spiro atoms. The van der Waals surface area contributed by atoms with Crippen molar-refractivity contribution in [1.29, 1.82) is 0 Å². The Morgan fingerprint density at radius 1 is 1.32 bits per heavy atom. The summed E-state index contributed by atoms with van der Waals surface area (Å²) in [5, 5.41) is 13.8. The zero-order valence-electron chi connectivity index (χ0n) is 14.1. The van der Waals surface area contributed by atoms with Crippen LogP contribution in [0.2, 0.25) is 0 Å². The molecule has 0 aromatic heterocycles. The molecule has 5 nitrogen and oxygen atoms in total. The first kappa shape index (κ1) is 17.5. The zero-order chi connectivity index (χ0) is 15.9. The molecule has 1 aliphatic carbocycles. The molecule has 0 aromatic rings. The van der Waals surface area contributed by atoms with Gasteiger partial charge in [0.25, 0.3) is 0 Å². The van der Waals surface area contributed by atoms with Crippen LogP contribution in [0.4, 0.5) is 4.79 Å². The number of nitrogens with one attached hydrogen (secondary N) is 1. The number of methoxy groups -OCH3 is 1. The Morgan fingerprint density at radius 2 is 2.05 bits per heavy atom. The first-order valence-electron chi connectivity index (χ1n) is 8.88. The highest BCUT2D eigenvalue weighted by Gasteiger charge is 2.33. The topological polar surface area (TPSA) is 61.8 Å². The smallest absolute Gasteiger partial charge is 0.409 e. The van der Waals surface area contributed by atoms with Crippen LogP contribution in [-0.4, -0.2) is 55.0 Å².